The molecule has 4 heteroatoms. The van der Waals surface area contributed by atoms with Gasteiger partial charge in [-0.3, -0.25) is 10.1 Å². The summed E-state index contributed by atoms with van der Waals surface area (Å²) in [6.45, 7) is 1.97. The van der Waals surface area contributed by atoms with Gasteiger partial charge in [0, 0.05) is 12.5 Å². The van der Waals surface area contributed by atoms with Crippen LogP contribution in [0.4, 0.5) is 5.69 Å². The standard InChI is InChI=1S/C12H11NO3/c1-2-9-7-8-12(16-9)10-5-3-4-6-11(10)13(14)15/h3-8H,2H2,1H3. The van der Waals surface area contributed by atoms with Crippen molar-refractivity contribution in [3.63, 3.8) is 0 Å². The van der Waals surface area contributed by atoms with Crippen LogP contribution in [-0.2, 0) is 6.42 Å². The van der Waals surface area contributed by atoms with E-state index in [1.807, 2.05) is 13.0 Å². The van der Waals surface area contributed by atoms with Gasteiger partial charge < -0.3 is 4.42 Å². The van der Waals surface area contributed by atoms with Gasteiger partial charge in [0.25, 0.3) is 5.69 Å². The molecule has 0 aliphatic heterocycles. The fourth-order valence-electron chi connectivity index (χ4n) is 1.55. The lowest BCUT2D eigenvalue weighted by Gasteiger charge is -1.98. The van der Waals surface area contributed by atoms with E-state index in [1.54, 1.807) is 24.3 Å². The molecule has 0 atom stereocenters. The third-order valence-corrected chi connectivity index (χ3v) is 2.38. The van der Waals surface area contributed by atoms with Crippen molar-refractivity contribution in [1.29, 1.82) is 0 Å². The molecule has 0 bridgehead atoms. The van der Waals surface area contributed by atoms with E-state index < -0.39 is 4.92 Å². The third-order valence-electron chi connectivity index (χ3n) is 2.38. The Hall–Kier alpha value is -2.10. The number of aryl methyl sites for hydroxylation is 1. The Labute approximate surface area is 92.7 Å². The Morgan fingerprint density at radius 2 is 2.00 bits per heavy atom. The second-order valence-electron chi connectivity index (χ2n) is 3.39. The van der Waals surface area contributed by atoms with Crippen LogP contribution in [0, 0.1) is 10.1 Å². The average Bonchev–Trinajstić information content (AvgIpc) is 2.77. The van der Waals surface area contributed by atoms with Crippen LogP contribution in [0.3, 0.4) is 0 Å². The first-order valence-electron chi connectivity index (χ1n) is 5.05. The minimum absolute atomic E-state index is 0.0690. The lowest BCUT2D eigenvalue weighted by molar-refractivity contribution is -0.384. The minimum atomic E-state index is -0.399. The smallest absolute Gasteiger partial charge is 0.280 e. The third kappa shape index (κ3) is 1.82. The lowest BCUT2D eigenvalue weighted by Crippen LogP contribution is -1.90. The van der Waals surface area contributed by atoms with Crippen molar-refractivity contribution in [2.45, 2.75) is 13.3 Å². The van der Waals surface area contributed by atoms with E-state index in [0.717, 1.165) is 12.2 Å². The molecule has 4 nitrogen and oxygen atoms in total. The highest BCUT2D eigenvalue weighted by Crippen LogP contribution is 2.30. The number of benzene rings is 1. The average molecular weight is 217 g/mol. The van der Waals surface area contributed by atoms with Gasteiger partial charge in [-0.15, -0.1) is 0 Å². The van der Waals surface area contributed by atoms with Crippen LogP contribution < -0.4 is 0 Å². The first-order chi connectivity index (χ1) is 7.72. The van der Waals surface area contributed by atoms with E-state index in [4.69, 9.17) is 4.42 Å². The zero-order valence-corrected chi connectivity index (χ0v) is 8.84. The van der Waals surface area contributed by atoms with E-state index in [-0.39, 0.29) is 5.69 Å². The summed E-state index contributed by atoms with van der Waals surface area (Å²) >= 11 is 0. The number of hydrogen-bond acceptors (Lipinski definition) is 3. The molecule has 0 saturated heterocycles. The maximum absolute atomic E-state index is 10.8. The van der Waals surface area contributed by atoms with E-state index in [0.29, 0.717) is 11.3 Å². The first-order valence-corrected chi connectivity index (χ1v) is 5.05. The molecule has 0 aliphatic rings. The Kier molecular flexibility index (Phi) is 2.72. The van der Waals surface area contributed by atoms with Crippen molar-refractivity contribution in [2.75, 3.05) is 0 Å². The number of nitro groups is 1. The number of hydrogen-bond donors (Lipinski definition) is 0. The molecule has 1 aromatic heterocycles. The lowest BCUT2D eigenvalue weighted by atomic mass is 10.1. The molecule has 0 fully saturated rings. The largest absolute Gasteiger partial charge is 0.461 e. The molecule has 0 spiro atoms. The van der Waals surface area contributed by atoms with Gasteiger partial charge in [-0.25, -0.2) is 0 Å². The molecule has 0 unspecified atom stereocenters. The number of rotatable bonds is 3. The van der Waals surface area contributed by atoms with Crippen LogP contribution in [0.1, 0.15) is 12.7 Å². The summed E-state index contributed by atoms with van der Waals surface area (Å²) in [6, 6.07) is 10.2. The predicted octanol–water partition coefficient (Wildman–Crippen LogP) is 3.42. The maximum atomic E-state index is 10.8. The van der Waals surface area contributed by atoms with Crippen molar-refractivity contribution in [1.82, 2.24) is 0 Å². The normalized spacial score (nSPS) is 10.3. The summed E-state index contributed by atoms with van der Waals surface area (Å²) in [5, 5.41) is 10.8. The predicted molar refractivity (Wildman–Crippen MR) is 60.2 cm³/mol. The van der Waals surface area contributed by atoms with Crippen molar-refractivity contribution in [3.8, 4) is 11.3 Å². The highest BCUT2D eigenvalue weighted by Gasteiger charge is 2.16. The van der Waals surface area contributed by atoms with Crippen molar-refractivity contribution >= 4 is 5.69 Å². The van der Waals surface area contributed by atoms with Crippen LogP contribution >= 0.6 is 0 Å². The molecule has 0 saturated carbocycles. The van der Waals surface area contributed by atoms with Gasteiger partial charge in [-0.1, -0.05) is 19.1 Å². The highest BCUT2D eigenvalue weighted by atomic mass is 16.6. The Morgan fingerprint density at radius 3 is 2.62 bits per heavy atom. The van der Waals surface area contributed by atoms with Gasteiger partial charge in [0.15, 0.2) is 0 Å². The summed E-state index contributed by atoms with van der Waals surface area (Å²) in [5.74, 6) is 1.37. The van der Waals surface area contributed by atoms with Gasteiger partial charge in [0.2, 0.25) is 0 Å². The zero-order valence-electron chi connectivity index (χ0n) is 8.84. The summed E-state index contributed by atoms with van der Waals surface area (Å²) in [4.78, 5) is 10.4. The van der Waals surface area contributed by atoms with E-state index in [2.05, 4.69) is 0 Å². The van der Waals surface area contributed by atoms with Gasteiger partial charge in [0.1, 0.15) is 11.5 Å². The molecule has 0 N–H and O–H groups in total. The van der Waals surface area contributed by atoms with Crippen molar-refractivity contribution in [3.05, 3.63) is 52.3 Å². The van der Waals surface area contributed by atoms with Crippen molar-refractivity contribution < 1.29 is 9.34 Å². The monoisotopic (exact) mass is 217 g/mol. The fourth-order valence-corrected chi connectivity index (χ4v) is 1.55. The number of furan rings is 1. The number of para-hydroxylation sites is 1. The maximum Gasteiger partial charge on any atom is 0.280 e. The molecular weight excluding hydrogens is 206 g/mol. The number of nitrogens with zero attached hydrogens (tertiary/aromatic N) is 1. The molecule has 0 amide bonds. The zero-order chi connectivity index (χ0) is 11.5. The Morgan fingerprint density at radius 1 is 1.25 bits per heavy atom. The fraction of sp³-hybridized carbons (Fsp3) is 0.167. The molecular formula is C12H11NO3. The second-order valence-corrected chi connectivity index (χ2v) is 3.39. The van der Waals surface area contributed by atoms with Crippen LogP contribution in [-0.4, -0.2) is 4.92 Å². The van der Waals surface area contributed by atoms with Crippen molar-refractivity contribution in [2.24, 2.45) is 0 Å². The molecule has 1 aromatic carbocycles. The Balaban J connectivity index is 2.50. The van der Waals surface area contributed by atoms with Gasteiger partial charge in [-0.05, 0) is 18.2 Å². The second kappa shape index (κ2) is 4.18. The van der Waals surface area contributed by atoms with Gasteiger partial charge in [-0.2, -0.15) is 0 Å². The van der Waals surface area contributed by atoms with Crippen LogP contribution in [0.15, 0.2) is 40.8 Å². The summed E-state index contributed by atoms with van der Waals surface area (Å²) in [7, 11) is 0. The topological polar surface area (TPSA) is 56.3 Å². The van der Waals surface area contributed by atoms with Crippen LogP contribution in [0.5, 0.6) is 0 Å². The molecule has 82 valence electrons. The first kappa shape index (κ1) is 10.4. The van der Waals surface area contributed by atoms with Crippen LogP contribution in [0.2, 0.25) is 0 Å². The SMILES string of the molecule is CCc1ccc(-c2ccccc2[N+](=O)[O-])o1. The Bertz CT molecular complexity index is 516. The summed E-state index contributed by atoms with van der Waals surface area (Å²) in [5.41, 5.74) is 0.590. The van der Waals surface area contributed by atoms with Crippen LogP contribution in [0.25, 0.3) is 11.3 Å². The molecule has 0 aliphatic carbocycles. The van der Waals surface area contributed by atoms with E-state index in [1.165, 1.54) is 6.07 Å². The minimum Gasteiger partial charge on any atom is -0.461 e. The highest BCUT2D eigenvalue weighted by molar-refractivity contribution is 5.69. The number of nitro benzene ring substituents is 1. The molecule has 2 aromatic rings. The van der Waals surface area contributed by atoms with Gasteiger partial charge in [0.05, 0.1) is 10.5 Å². The quantitative estimate of drug-likeness (QED) is 0.584. The van der Waals surface area contributed by atoms with E-state index in [9.17, 15) is 10.1 Å². The molecule has 2 rings (SSSR count). The van der Waals surface area contributed by atoms with E-state index >= 15 is 0 Å². The molecule has 1 heterocycles. The molecule has 0 radical (unpaired) electrons. The molecule has 16 heavy (non-hydrogen) atoms. The summed E-state index contributed by atoms with van der Waals surface area (Å²) in [6.07, 6.45) is 0.778. The summed E-state index contributed by atoms with van der Waals surface area (Å²) < 4.78 is 5.51. The van der Waals surface area contributed by atoms with Gasteiger partial charge >= 0.3 is 0 Å².